The summed E-state index contributed by atoms with van der Waals surface area (Å²) in [7, 11) is 3.19. The van der Waals surface area contributed by atoms with E-state index in [0.717, 1.165) is 35.1 Å². The van der Waals surface area contributed by atoms with E-state index in [2.05, 4.69) is 32.1 Å². The monoisotopic (exact) mass is 674 g/mol. The molecule has 1 saturated carbocycles. The van der Waals surface area contributed by atoms with Gasteiger partial charge >= 0.3 is 0 Å². The number of H-pyrrole nitrogens is 1. The van der Waals surface area contributed by atoms with Gasteiger partial charge in [0.25, 0.3) is 11.8 Å². The number of rotatable bonds is 9. The SMILES string of the molecule is CNC(=O)c1ccc2c(c1)CCc1cc(C(=O)NC)ccc1C2(C[C@@H](C)NCC(=O)N1[C@H](C#N)C[C@@H]2C[C@@H]21)c1nnc(-c2ccc(F)cc2)[nH]1. The first-order valence-electron chi connectivity index (χ1n) is 17.0. The molecule has 4 N–H and O–H groups in total. The van der Waals surface area contributed by atoms with Gasteiger partial charge in [-0.3, -0.25) is 14.4 Å². The Kier molecular flexibility index (Phi) is 8.70. The van der Waals surface area contributed by atoms with Gasteiger partial charge in [0.05, 0.1) is 18.0 Å². The lowest BCUT2D eigenvalue weighted by Crippen LogP contribution is -2.46. The summed E-state index contributed by atoms with van der Waals surface area (Å²) in [5, 5.41) is 27.8. The zero-order valence-electron chi connectivity index (χ0n) is 28.2. The Labute approximate surface area is 289 Å². The minimum atomic E-state index is -0.977. The summed E-state index contributed by atoms with van der Waals surface area (Å²) < 4.78 is 13.8. The van der Waals surface area contributed by atoms with Crippen LogP contribution in [0.25, 0.3) is 11.4 Å². The van der Waals surface area contributed by atoms with Crippen LogP contribution in [-0.4, -0.2) is 76.6 Å². The van der Waals surface area contributed by atoms with Crippen molar-refractivity contribution in [1.82, 2.24) is 36.0 Å². The Morgan fingerprint density at radius 2 is 1.58 bits per heavy atom. The fourth-order valence-electron chi connectivity index (χ4n) is 8.00. The van der Waals surface area contributed by atoms with Crippen LogP contribution in [0.3, 0.4) is 0 Å². The fraction of sp³-hybridized carbons (Fsp3) is 0.368. The maximum atomic E-state index is 13.8. The van der Waals surface area contributed by atoms with E-state index >= 15 is 0 Å². The van der Waals surface area contributed by atoms with Gasteiger partial charge in [0.15, 0.2) is 5.82 Å². The van der Waals surface area contributed by atoms with Crippen LogP contribution in [-0.2, 0) is 23.1 Å². The van der Waals surface area contributed by atoms with Crippen LogP contribution in [0.2, 0.25) is 0 Å². The van der Waals surface area contributed by atoms with E-state index in [4.69, 9.17) is 5.10 Å². The van der Waals surface area contributed by atoms with E-state index in [0.29, 0.717) is 53.5 Å². The summed E-state index contributed by atoms with van der Waals surface area (Å²) in [5.41, 5.74) is 4.46. The number of halogens is 1. The molecule has 1 aromatic heterocycles. The van der Waals surface area contributed by atoms with Crippen molar-refractivity contribution in [2.75, 3.05) is 20.6 Å². The maximum absolute atomic E-state index is 13.8. The molecule has 1 aliphatic heterocycles. The van der Waals surface area contributed by atoms with E-state index in [9.17, 15) is 24.0 Å². The second-order valence-electron chi connectivity index (χ2n) is 13.6. The molecular weight excluding hydrogens is 635 g/mol. The molecule has 4 aromatic rings. The molecule has 4 atom stereocenters. The van der Waals surface area contributed by atoms with Gasteiger partial charge in [0.2, 0.25) is 5.91 Å². The normalized spacial score (nSPS) is 20.4. The van der Waals surface area contributed by atoms with Crippen molar-refractivity contribution in [3.8, 4) is 17.5 Å². The Hall–Kier alpha value is -5.41. The molecule has 3 aromatic carbocycles. The van der Waals surface area contributed by atoms with Crippen LogP contribution in [0.15, 0.2) is 60.7 Å². The van der Waals surface area contributed by atoms with Crippen molar-refractivity contribution < 1.29 is 18.8 Å². The number of benzene rings is 3. The number of carbonyl (C=O) groups is 3. The number of nitrogens with zero attached hydrogens (tertiary/aromatic N) is 4. The standard InChI is InChI=1S/C38H39FN8O3/c1-21(43-20-33(48)47-29(19-40)16-27-17-32(27)47)18-38(37-44-34(45-46-37)22-6-10-28(39)11-7-22)30-12-8-25(35(49)41-2)14-23(30)4-5-24-15-26(36(50)42-3)9-13-31(24)38/h6-15,21,27,29,32,43H,4-5,16-18,20H2,1-3H3,(H,41,49)(H,42,50)(H,44,45,46)/t21-,27-,29+,32+/m1/s1. The third-order valence-electron chi connectivity index (χ3n) is 10.5. The highest BCUT2D eigenvalue weighted by Gasteiger charge is 2.54. The Morgan fingerprint density at radius 3 is 2.16 bits per heavy atom. The lowest BCUT2D eigenvalue weighted by molar-refractivity contribution is -0.131. The van der Waals surface area contributed by atoms with Crippen molar-refractivity contribution in [1.29, 1.82) is 5.26 Å². The summed E-state index contributed by atoms with van der Waals surface area (Å²) >= 11 is 0. The molecule has 2 fully saturated rings. The minimum absolute atomic E-state index is 0.0703. The van der Waals surface area contributed by atoms with Crippen LogP contribution in [0.5, 0.6) is 0 Å². The maximum Gasteiger partial charge on any atom is 0.251 e. The number of nitrogens with one attached hydrogen (secondary N) is 4. The number of amides is 3. The van der Waals surface area contributed by atoms with Crippen LogP contribution in [0, 0.1) is 23.1 Å². The number of aryl methyl sites for hydroxylation is 2. The molecule has 0 unspecified atom stereocenters. The molecule has 2 heterocycles. The number of hydrogen-bond acceptors (Lipinski definition) is 7. The van der Waals surface area contributed by atoms with E-state index in [1.807, 2.05) is 31.2 Å². The molecule has 0 spiro atoms. The molecule has 50 heavy (non-hydrogen) atoms. The molecule has 1 saturated heterocycles. The molecule has 256 valence electrons. The molecule has 0 bridgehead atoms. The first kappa shape index (κ1) is 33.1. The van der Waals surface area contributed by atoms with Crippen LogP contribution in [0.1, 0.15) is 75.0 Å². The molecular formula is C38H39FN8O3. The zero-order valence-corrected chi connectivity index (χ0v) is 28.2. The van der Waals surface area contributed by atoms with Crippen molar-refractivity contribution >= 4 is 17.7 Å². The van der Waals surface area contributed by atoms with E-state index in [1.165, 1.54) is 12.1 Å². The number of hydrogen-bond donors (Lipinski definition) is 4. The lowest BCUT2D eigenvalue weighted by atomic mass is 9.67. The number of carbonyl (C=O) groups excluding carboxylic acids is 3. The highest BCUT2D eigenvalue weighted by molar-refractivity contribution is 5.95. The molecule has 7 rings (SSSR count). The number of likely N-dealkylation sites (tertiary alicyclic amines) is 1. The van der Waals surface area contributed by atoms with Crippen LogP contribution in [0.4, 0.5) is 4.39 Å². The Morgan fingerprint density at radius 1 is 0.960 bits per heavy atom. The van der Waals surface area contributed by atoms with Gasteiger partial charge in [-0.05, 0) is 116 Å². The molecule has 11 nitrogen and oxygen atoms in total. The second kappa shape index (κ2) is 13.1. The highest BCUT2D eigenvalue weighted by atomic mass is 19.1. The molecule has 0 radical (unpaired) electrons. The average Bonchev–Trinajstić information content (AvgIpc) is 3.57. The summed E-state index contributed by atoms with van der Waals surface area (Å²) in [6.07, 6.45) is 3.30. The van der Waals surface area contributed by atoms with Crippen molar-refractivity contribution in [2.45, 2.75) is 62.6 Å². The Balaban J connectivity index is 1.35. The van der Waals surface area contributed by atoms with Gasteiger partial charge in [-0.2, -0.15) is 5.26 Å². The van der Waals surface area contributed by atoms with Gasteiger partial charge in [-0.1, -0.05) is 12.1 Å². The topological polar surface area (TPSA) is 156 Å². The van der Waals surface area contributed by atoms with E-state index < -0.39 is 11.5 Å². The van der Waals surface area contributed by atoms with E-state index in [1.54, 1.807) is 43.3 Å². The summed E-state index contributed by atoms with van der Waals surface area (Å²) in [6.45, 7) is 2.08. The predicted octanol–water partition coefficient (Wildman–Crippen LogP) is 3.64. The average molecular weight is 675 g/mol. The summed E-state index contributed by atoms with van der Waals surface area (Å²) in [5.74, 6) is 0.552. The number of aromatic nitrogens is 3. The zero-order chi connectivity index (χ0) is 35.2. The quantitative estimate of drug-likeness (QED) is 0.211. The first-order valence-corrected chi connectivity index (χ1v) is 17.0. The summed E-state index contributed by atoms with van der Waals surface area (Å²) in [4.78, 5) is 44.3. The third-order valence-corrected chi connectivity index (χ3v) is 10.5. The molecule has 2 aliphatic carbocycles. The number of piperidine rings is 1. The largest absolute Gasteiger partial charge is 0.355 e. The number of fused-ring (bicyclic) bond motifs is 3. The van der Waals surface area contributed by atoms with Crippen molar-refractivity contribution in [3.05, 3.63) is 106 Å². The Bertz CT molecular complexity index is 1950. The predicted molar refractivity (Wildman–Crippen MR) is 184 cm³/mol. The molecule has 12 heteroatoms. The molecule has 3 amide bonds. The highest BCUT2D eigenvalue weighted by Crippen LogP contribution is 2.49. The number of aromatic amines is 1. The molecule has 3 aliphatic rings. The van der Waals surface area contributed by atoms with Crippen molar-refractivity contribution in [3.63, 3.8) is 0 Å². The fourth-order valence-corrected chi connectivity index (χ4v) is 8.00. The van der Waals surface area contributed by atoms with Gasteiger partial charge in [0, 0.05) is 42.9 Å². The van der Waals surface area contributed by atoms with Gasteiger partial charge in [-0.25, -0.2) is 4.39 Å². The van der Waals surface area contributed by atoms with Crippen LogP contribution < -0.4 is 16.0 Å². The minimum Gasteiger partial charge on any atom is -0.355 e. The first-order chi connectivity index (χ1) is 24.2. The van der Waals surface area contributed by atoms with Gasteiger partial charge < -0.3 is 25.8 Å². The lowest BCUT2D eigenvalue weighted by Gasteiger charge is -2.37. The third kappa shape index (κ3) is 5.81. The van der Waals surface area contributed by atoms with E-state index in [-0.39, 0.29) is 42.2 Å². The van der Waals surface area contributed by atoms with Crippen LogP contribution >= 0.6 is 0 Å². The summed E-state index contributed by atoms with van der Waals surface area (Å²) in [6, 6.07) is 19.2. The smallest absolute Gasteiger partial charge is 0.251 e. The van der Waals surface area contributed by atoms with Crippen molar-refractivity contribution in [2.24, 2.45) is 5.92 Å². The second-order valence-corrected chi connectivity index (χ2v) is 13.6. The number of nitriles is 1. The van der Waals surface area contributed by atoms with Gasteiger partial charge in [0.1, 0.15) is 17.7 Å². The van der Waals surface area contributed by atoms with Gasteiger partial charge in [-0.15, -0.1) is 10.2 Å².